The molecule has 1 aromatic rings. The Kier molecular flexibility index (Phi) is 2.33. The second-order valence-corrected chi connectivity index (χ2v) is 2.76. The standard InChI is InChI=1S/C8H6ClFO2/c1-4-2-5(3-11)7(10)6(9)8(4)12/h2-3,12H,1H3. The average Bonchev–Trinajstić information content (AvgIpc) is 2.08. The second-order valence-electron chi connectivity index (χ2n) is 2.38. The lowest BCUT2D eigenvalue weighted by molar-refractivity contribution is 0.111. The molecule has 0 heterocycles. The first-order chi connectivity index (χ1) is 5.57. The van der Waals surface area contributed by atoms with Gasteiger partial charge in [0.05, 0.1) is 5.56 Å². The molecule has 0 fully saturated rings. The molecule has 1 N–H and O–H groups in total. The normalized spacial score (nSPS) is 9.92. The molecule has 0 bridgehead atoms. The molecule has 0 spiro atoms. The minimum Gasteiger partial charge on any atom is -0.506 e. The fraction of sp³-hybridized carbons (Fsp3) is 0.125. The van der Waals surface area contributed by atoms with E-state index in [-0.39, 0.29) is 11.3 Å². The molecular weight excluding hydrogens is 183 g/mol. The number of aldehydes is 1. The molecule has 0 atom stereocenters. The number of phenolic OH excluding ortho intramolecular Hbond substituents is 1. The van der Waals surface area contributed by atoms with Crippen molar-refractivity contribution in [1.29, 1.82) is 0 Å². The highest BCUT2D eigenvalue weighted by Gasteiger charge is 2.12. The van der Waals surface area contributed by atoms with Gasteiger partial charge in [-0.05, 0) is 18.6 Å². The molecule has 4 heteroatoms. The van der Waals surface area contributed by atoms with Crippen LogP contribution in [0.3, 0.4) is 0 Å². The highest BCUT2D eigenvalue weighted by molar-refractivity contribution is 6.32. The lowest BCUT2D eigenvalue weighted by atomic mass is 10.1. The van der Waals surface area contributed by atoms with Gasteiger partial charge < -0.3 is 5.11 Å². The predicted molar refractivity (Wildman–Crippen MR) is 43.2 cm³/mol. The number of hydrogen-bond acceptors (Lipinski definition) is 2. The molecule has 0 amide bonds. The van der Waals surface area contributed by atoms with E-state index in [9.17, 15) is 9.18 Å². The fourth-order valence-electron chi connectivity index (χ4n) is 0.855. The Morgan fingerprint density at radius 3 is 2.75 bits per heavy atom. The highest BCUT2D eigenvalue weighted by atomic mass is 35.5. The van der Waals surface area contributed by atoms with E-state index in [0.717, 1.165) is 0 Å². The van der Waals surface area contributed by atoms with Crippen molar-refractivity contribution >= 4 is 17.9 Å². The second kappa shape index (κ2) is 3.11. The van der Waals surface area contributed by atoms with E-state index in [1.54, 1.807) is 0 Å². The summed E-state index contributed by atoms with van der Waals surface area (Å²) in [6, 6.07) is 1.24. The van der Waals surface area contributed by atoms with Crippen LogP contribution < -0.4 is 0 Å². The first-order valence-electron chi connectivity index (χ1n) is 3.20. The van der Waals surface area contributed by atoms with Crippen LogP contribution in [0.1, 0.15) is 15.9 Å². The van der Waals surface area contributed by atoms with Crippen molar-refractivity contribution in [2.75, 3.05) is 0 Å². The molecule has 0 radical (unpaired) electrons. The van der Waals surface area contributed by atoms with Crippen LogP contribution in [0.15, 0.2) is 6.07 Å². The summed E-state index contributed by atoms with van der Waals surface area (Å²) in [5.74, 6) is -1.20. The van der Waals surface area contributed by atoms with Gasteiger partial charge in [0.1, 0.15) is 10.8 Å². The molecule has 0 aliphatic rings. The lowest BCUT2D eigenvalue weighted by Gasteiger charge is -2.03. The van der Waals surface area contributed by atoms with Gasteiger partial charge in [-0.25, -0.2) is 4.39 Å². The SMILES string of the molecule is Cc1cc(C=O)c(F)c(Cl)c1O. The number of phenols is 1. The van der Waals surface area contributed by atoms with Gasteiger partial charge in [0, 0.05) is 0 Å². The van der Waals surface area contributed by atoms with E-state index in [4.69, 9.17) is 16.7 Å². The molecule has 12 heavy (non-hydrogen) atoms. The molecule has 64 valence electrons. The highest BCUT2D eigenvalue weighted by Crippen LogP contribution is 2.31. The Morgan fingerprint density at radius 2 is 2.25 bits per heavy atom. The largest absolute Gasteiger partial charge is 0.506 e. The molecule has 1 rings (SSSR count). The minimum absolute atomic E-state index is 0.143. The Bertz CT molecular complexity index is 336. The monoisotopic (exact) mass is 188 g/mol. The quantitative estimate of drug-likeness (QED) is 0.687. The molecule has 0 aromatic heterocycles. The fourth-order valence-corrected chi connectivity index (χ4v) is 1.11. The van der Waals surface area contributed by atoms with Gasteiger partial charge in [-0.1, -0.05) is 11.6 Å². The van der Waals surface area contributed by atoms with Crippen molar-refractivity contribution in [1.82, 2.24) is 0 Å². The van der Waals surface area contributed by atoms with Crippen LogP contribution in [0.4, 0.5) is 4.39 Å². The zero-order valence-electron chi connectivity index (χ0n) is 6.27. The van der Waals surface area contributed by atoms with Crippen molar-refractivity contribution in [2.24, 2.45) is 0 Å². The van der Waals surface area contributed by atoms with Gasteiger partial charge in [0.15, 0.2) is 12.1 Å². The summed E-state index contributed by atoms with van der Waals surface area (Å²) in [6.45, 7) is 1.54. The van der Waals surface area contributed by atoms with Crippen molar-refractivity contribution < 1.29 is 14.3 Å². The van der Waals surface area contributed by atoms with Crippen LogP contribution in [-0.2, 0) is 0 Å². The summed E-state index contributed by atoms with van der Waals surface area (Å²) < 4.78 is 12.9. The van der Waals surface area contributed by atoms with Crippen LogP contribution in [0.5, 0.6) is 5.75 Å². The zero-order valence-corrected chi connectivity index (χ0v) is 7.02. The molecule has 0 unspecified atom stereocenters. The zero-order chi connectivity index (χ0) is 9.30. The molecule has 0 aliphatic carbocycles. The van der Waals surface area contributed by atoms with Gasteiger partial charge in [-0.3, -0.25) is 4.79 Å². The van der Waals surface area contributed by atoms with Gasteiger partial charge in [-0.2, -0.15) is 0 Å². The first kappa shape index (κ1) is 9.00. The number of carbonyl (C=O) groups is 1. The number of aromatic hydroxyl groups is 1. The smallest absolute Gasteiger partial charge is 0.156 e. The topological polar surface area (TPSA) is 37.3 Å². The number of benzene rings is 1. The maximum absolute atomic E-state index is 12.9. The van der Waals surface area contributed by atoms with Crippen LogP contribution in [0.2, 0.25) is 5.02 Å². The predicted octanol–water partition coefficient (Wildman–Crippen LogP) is 2.31. The van der Waals surface area contributed by atoms with Crippen LogP contribution in [0, 0.1) is 12.7 Å². The third kappa shape index (κ3) is 1.28. The molecule has 0 aliphatic heterocycles. The van der Waals surface area contributed by atoms with E-state index in [0.29, 0.717) is 11.8 Å². The van der Waals surface area contributed by atoms with Gasteiger partial charge in [0.2, 0.25) is 0 Å². The molecular formula is C8H6ClFO2. The molecule has 0 saturated carbocycles. The van der Waals surface area contributed by atoms with Crippen LogP contribution >= 0.6 is 11.6 Å². The Labute approximate surface area is 73.6 Å². The maximum atomic E-state index is 12.9. The summed E-state index contributed by atoms with van der Waals surface area (Å²) >= 11 is 5.38. The average molecular weight is 189 g/mol. The van der Waals surface area contributed by atoms with Crippen LogP contribution in [-0.4, -0.2) is 11.4 Å². The number of rotatable bonds is 1. The Hall–Kier alpha value is -1.09. The third-order valence-electron chi connectivity index (χ3n) is 1.53. The lowest BCUT2D eigenvalue weighted by Crippen LogP contribution is -1.91. The summed E-state index contributed by atoms with van der Waals surface area (Å²) in [5, 5.41) is 8.71. The van der Waals surface area contributed by atoms with E-state index in [1.165, 1.54) is 13.0 Å². The molecule has 0 saturated heterocycles. The number of carbonyl (C=O) groups excluding carboxylic acids is 1. The van der Waals surface area contributed by atoms with Gasteiger partial charge in [0.25, 0.3) is 0 Å². The Balaban J connectivity index is 3.49. The number of aryl methyl sites for hydroxylation is 1. The van der Waals surface area contributed by atoms with Crippen LogP contribution in [0.25, 0.3) is 0 Å². The third-order valence-corrected chi connectivity index (χ3v) is 1.87. The maximum Gasteiger partial charge on any atom is 0.156 e. The summed E-state index contributed by atoms with van der Waals surface area (Å²) in [5.41, 5.74) is 0.235. The number of hydrogen-bond donors (Lipinski definition) is 1. The van der Waals surface area contributed by atoms with Gasteiger partial charge in [-0.15, -0.1) is 0 Å². The summed E-state index contributed by atoms with van der Waals surface area (Å²) in [4.78, 5) is 10.3. The Morgan fingerprint density at radius 1 is 1.67 bits per heavy atom. The summed E-state index contributed by atoms with van der Waals surface area (Å²) in [7, 11) is 0. The van der Waals surface area contributed by atoms with Gasteiger partial charge >= 0.3 is 0 Å². The molecule has 2 nitrogen and oxygen atoms in total. The first-order valence-corrected chi connectivity index (χ1v) is 3.58. The van der Waals surface area contributed by atoms with E-state index in [2.05, 4.69) is 0 Å². The summed E-state index contributed by atoms with van der Waals surface area (Å²) in [6.07, 6.45) is 0.355. The van der Waals surface area contributed by atoms with Crippen molar-refractivity contribution in [2.45, 2.75) is 6.92 Å². The number of halogens is 2. The minimum atomic E-state index is -0.880. The van der Waals surface area contributed by atoms with E-state index >= 15 is 0 Å². The molecule has 1 aromatic carbocycles. The van der Waals surface area contributed by atoms with Crippen molar-refractivity contribution in [3.63, 3.8) is 0 Å². The van der Waals surface area contributed by atoms with Crippen molar-refractivity contribution in [3.8, 4) is 5.75 Å². The van der Waals surface area contributed by atoms with E-state index < -0.39 is 10.8 Å². The van der Waals surface area contributed by atoms with E-state index in [1.807, 2.05) is 0 Å². The van der Waals surface area contributed by atoms with Crippen molar-refractivity contribution in [3.05, 3.63) is 28.0 Å².